The maximum Gasteiger partial charge on any atom is 0.323 e. The van der Waals surface area contributed by atoms with E-state index in [1.807, 2.05) is 0 Å². The van der Waals surface area contributed by atoms with Crippen molar-refractivity contribution in [1.29, 1.82) is 0 Å². The Morgan fingerprint density at radius 1 is 1.33 bits per heavy atom. The molecule has 0 saturated carbocycles. The zero-order chi connectivity index (χ0) is 7.44. The van der Waals surface area contributed by atoms with Crippen molar-refractivity contribution >= 4 is 11.9 Å². The van der Waals surface area contributed by atoms with Gasteiger partial charge in [0.25, 0.3) is 0 Å². The first-order valence-electron chi connectivity index (χ1n) is 2.53. The van der Waals surface area contributed by atoms with Crippen molar-refractivity contribution in [2.45, 2.75) is 6.92 Å². The minimum Gasteiger partial charge on any atom is -0.331 e. The third kappa shape index (κ3) is 3.52. The van der Waals surface area contributed by atoms with Gasteiger partial charge in [-0.15, -0.1) is 0 Å². The van der Waals surface area contributed by atoms with Gasteiger partial charge in [0, 0.05) is 21.0 Å². The van der Waals surface area contributed by atoms with Crippen molar-refractivity contribution < 1.29 is 9.59 Å². The van der Waals surface area contributed by atoms with E-state index in [1.54, 1.807) is 14.1 Å². The summed E-state index contributed by atoms with van der Waals surface area (Å²) >= 11 is 0. The van der Waals surface area contributed by atoms with E-state index >= 15 is 0 Å². The molecule has 52 valence electrons. The van der Waals surface area contributed by atoms with E-state index in [9.17, 15) is 9.59 Å². The molecule has 0 aromatic heterocycles. The number of imide groups is 1. The highest BCUT2D eigenvalue weighted by molar-refractivity contribution is 5.92. The van der Waals surface area contributed by atoms with Crippen LogP contribution in [-0.2, 0) is 4.79 Å². The molecule has 4 heteroatoms. The van der Waals surface area contributed by atoms with Gasteiger partial charge in [0.1, 0.15) is 0 Å². The van der Waals surface area contributed by atoms with Gasteiger partial charge in [-0.3, -0.25) is 10.1 Å². The van der Waals surface area contributed by atoms with Crippen LogP contribution in [0.1, 0.15) is 6.92 Å². The number of urea groups is 1. The lowest BCUT2D eigenvalue weighted by Crippen LogP contribution is -2.37. The molecular weight excluding hydrogens is 120 g/mol. The predicted octanol–water partition coefficient (Wildman–Crippen LogP) is -0.196. The molecule has 3 amide bonds. The normalized spacial score (nSPS) is 8.33. The first kappa shape index (κ1) is 7.94. The second kappa shape index (κ2) is 3.06. The summed E-state index contributed by atoms with van der Waals surface area (Å²) < 4.78 is 0. The molecule has 0 aliphatic carbocycles. The molecule has 0 heterocycles. The number of nitrogens with zero attached hydrogens (tertiary/aromatic N) is 1. The van der Waals surface area contributed by atoms with Gasteiger partial charge >= 0.3 is 6.03 Å². The van der Waals surface area contributed by atoms with E-state index in [1.165, 1.54) is 11.8 Å². The van der Waals surface area contributed by atoms with Crippen molar-refractivity contribution in [3.63, 3.8) is 0 Å². The summed E-state index contributed by atoms with van der Waals surface area (Å²) in [6.07, 6.45) is 0. The number of carbonyl (C=O) groups excluding carboxylic acids is 2. The van der Waals surface area contributed by atoms with Crippen molar-refractivity contribution in [3.05, 3.63) is 0 Å². The fraction of sp³-hybridized carbons (Fsp3) is 0.600. The van der Waals surface area contributed by atoms with Crippen LogP contribution in [0, 0.1) is 0 Å². The Bertz CT molecular complexity index is 131. The maximum atomic E-state index is 10.5. The van der Waals surface area contributed by atoms with E-state index in [2.05, 4.69) is 5.32 Å². The number of hydrogen-bond acceptors (Lipinski definition) is 2. The first-order chi connectivity index (χ1) is 4.04. The molecule has 1 N–H and O–H groups in total. The van der Waals surface area contributed by atoms with Gasteiger partial charge in [0.05, 0.1) is 0 Å². The molecule has 0 aromatic rings. The highest BCUT2D eigenvalue weighted by atomic mass is 16.2. The van der Waals surface area contributed by atoms with E-state index in [4.69, 9.17) is 0 Å². The molecule has 0 aliphatic rings. The topological polar surface area (TPSA) is 49.4 Å². The molecule has 9 heavy (non-hydrogen) atoms. The lowest BCUT2D eigenvalue weighted by molar-refractivity contribution is -0.118. The second-order valence-electron chi connectivity index (χ2n) is 1.88. The Balaban J connectivity index is 3.64. The van der Waals surface area contributed by atoms with Crippen LogP contribution in [0.5, 0.6) is 0 Å². The van der Waals surface area contributed by atoms with Crippen LogP contribution in [0.2, 0.25) is 0 Å². The SMILES string of the molecule is CC(=O)NC(=O)N(C)C. The maximum absolute atomic E-state index is 10.5. The van der Waals surface area contributed by atoms with E-state index in [0.717, 1.165) is 0 Å². The van der Waals surface area contributed by atoms with Gasteiger partial charge in [0.2, 0.25) is 5.91 Å². The molecule has 0 bridgehead atoms. The smallest absolute Gasteiger partial charge is 0.323 e. The molecule has 4 nitrogen and oxygen atoms in total. The number of rotatable bonds is 0. The monoisotopic (exact) mass is 130 g/mol. The Morgan fingerprint density at radius 2 is 1.78 bits per heavy atom. The number of hydrogen-bond donors (Lipinski definition) is 1. The fourth-order valence-electron chi connectivity index (χ4n) is 0.262. The van der Waals surface area contributed by atoms with E-state index in [-0.39, 0.29) is 11.9 Å². The molecule has 0 rings (SSSR count). The molecule has 0 aliphatic heterocycles. The lowest BCUT2D eigenvalue weighted by Gasteiger charge is -2.08. The Labute approximate surface area is 53.8 Å². The van der Waals surface area contributed by atoms with Gasteiger partial charge in [-0.25, -0.2) is 4.79 Å². The van der Waals surface area contributed by atoms with Gasteiger partial charge in [-0.2, -0.15) is 0 Å². The van der Waals surface area contributed by atoms with Crippen LogP contribution < -0.4 is 5.32 Å². The highest BCUT2D eigenvalue weighted by Gasteiger charge is 2.02. The number of amides is 3. The lowest BCUT2D eigenvalue weighted by atomic mass is 10.7. The summed E-state index contributed by atoms with van der Waals surface area (Å²) in [6, 6.07) is -0.387. The van der Waals surface area contributed by atoms with Gasteiger partial charge in [-0.05, 0) is 0 Å². The first-order valence-corrected chi connectivity index (χ1v) is 2.53. The third-order valence-electron chi connectivity index (χ3n) is 0.689. The Morgan fingerprint density at radius 3 is 1.89 bits per heavy atom. The molecule has 0 unspecified atom stereocenters. The molecule has 0 saturated heterocycles. The van der Waals surface area contributed by atoms with Crippen LogP contribution in [0.15, 0.2) is 0 Å². The highest BCUT2D eigenvalue weighted by Crippen LogP contribution is 1.74. The molecular formula is C5H10N2O2. The van der Waals surface area contributed by atoms with Crippen LogP contribution in [-0.4, -0.2) is 30.9 Å². The quantitative estimate of drug-likeness (QED) is 0.494. The summed E-state index contributed by atoms with van der Waals surface area (Å²) in [5.41, 5.74) is 0. The Hall–Kier alpha value is -1.06. The minimum atomic E-state index is -0.387. The zero-order valence-electron chi connectivity index (χ0n) is 5.76. The molecule has 0 fully saturated rings. The van der Waals surface area contributed by atoms with Crippen molar-refractivity contribution in [2.75, 3.05) is 14.1 Å². The zero-order valence-corrected chi connectivity index (χ0v) is 5.76. The predicted molar refractivity (Wildman–Crippen MR) is 32.9 cm³/mol. The van der Waals surface area contributed by atoms with E-state index < -0.39 is 0 Å². The summed E-state index contributed by atoms with van der Waals surface area (Å²) in [7, 11) is 3.14. The summed E-state index contributed by atoms with van der Waals surface area (Å²) in [6.45, 7) is 1.29. The summed E-state index contributed by atoms with van der Waals surface area (Å²) in [5.74, 6) is -0.339. The van der Waals surface area contributed by atoms with Crippen LogP contribution >= 0.6 is 0 Å². The fourth-order valence-corrected chi connectivity index (χ4v) is 0.262. The number of carbonyl (C=O) groups is 2. The summed E-state index contributed by atoms with van der Waals surface area (Å²) in [4.78, 5) is 22.0. The Kier molecular flexibility index (Phi) is 2.70. The molecule has 0 radical (unpaired) electrons. The van der Waals surface area contributed by atoms with Crippen LogP contribution in [0.3, 0.4) is 0 Å². The summed E-state index contributed by atoms with van der Waals surface area (Å²) in [5, 5.41) is 2.09. The molecule has 0 aromatic carbocycles. The van der Waals surface area contributed by atoms with Crippen molar-refractivity contribution in [2.24, 2.45) is 0 Å². The van der Waals surface area contributed by atoms with Crippen LogP contribution in [0.25, 0.3) is 0 Å². The minimum absolute atomic E-state index is 0.339. The molecule has 0 atom stereocenters. The average Bonchev–Trinajstić information content (AvgIpc) is 1.63. The van der Waals surface area contributed by atoms with Gasteiger partial charge in [0.15, 0.2) is 0 Å². The third-order valence-corrected chi connectivity index (χ3v) is 0.689. The standard InChI is InChI=1S/C5H10N2O2/c1-4(8)6-5(9)7(2)3/h1-3H3,(H,6,8,9). The number of nitrogens with one attached hydrogen (secondary N) is 1. The largest absolute Gasteiger partial charge is 0.331 e. The van der Waals surface area contributed by atoms with Gasteiger partial charge in [-0.1, -0.05) is 0 Å². The van der Waals surface area contributed by atoms with Gasteiger partial charge < -0.3 is 4.90 Å². The average molecular weight is 130 g/mol. The van der Waals surface area contributed by atoms with Crippen molar-refractivity contribution in [3.8, 4) is 0 Å². The molecule has 0 spiro atoms. The van der Waals surface area contributed by atoms with E-state index in [0.29, 0.717) is 0 Å². The second-order valence-corrected chi connectivity index (χ2v) is 1.88. The van der Waals surface area contributed by atoms with Crippen LogP contribution in [0.4, 0.5) is 4.79 Å². The van der Waals surface area contributed by atoms with Crippen molar-refractivity contribution in [1.82, 2.24) is 10.2 Å².